The monoisotopic (exact) mass is 377 g/mol. The van der Waals surface area contributed by atoms with Gasteiger partial charge >= 0.3 is 0 Å². The summed E-state index contributed by atoms with van der Waals surface area (Å²) in [5.74, 6) is 0.844. The normalized spacial score (nSPS) is 14.5. The minimum atomic E-state index is -0.793. The molecule has 1 aromatic rings. The molecule has 2 atom stereocenters. The zero-order chi connectivity index (χ0) is 20.4. The van der Waals surface area contributed by atoms with Crippen LogP contribution in [0.4, 0.5) is 5.69 Å². The number of rotatable bonds is 12. The number of benzene rings is 1. The first-order valence-corrected chi connectivity index (χ1v) is 10.5. The molecule has 0 aliphatic carbocycles. The quantitative estimate of drug-likeness (QED) is 0.442. The molecule has 0 saturated carbocycles. The van der Waals surface area contributed by atoms with Crippen LogP contribution < -0.4 is 10.1 Å². The minimum Gasteiger partial charge on any atom is -0.490 e. The molecular weight excluding hydrogens is 338 g/mol. The number of ether oxygens (including phenoxy) is 2. The molecule has 0 spiro atoms. The van der Waals surface area contributed by atoms with Gasteiger partial charge in [0.25, 0.3) is 5.91 Å². The number of aryl methyl sites for hydroxylation is 2. The zero-order valence-corrected chi connectivity index (χ0v) is 18.4. The van der Waals surface area contributed by atoms with Crippen LogP contribution in [0, 0.1) is 13.8 Å². The van der Waals surface area contributed by atoms with Crippen molar-refractivity contribution in [1.29, 1.82) is 0 Å². The predicted octanol–water partition coefficient (Wildman–Crippen LogP) is 6.18. The Hall–Kier alpha value is -1.55. The van der Waals surface area contributed by atoms with Crippen molar-refractivity contribution in [2.75, 3.05) is 11.9 Å². The second-order valence-electron chi connectivity index (χ2n) is 7.77. The van der Waals surface area contributed by atoms with Crippen LogP contribution in [0.3, 0.4) is 0 Å². The van der Waals surface area contributed by atoms with E-state index in [4.69, 9.17) is 9.47 Å². The van der Waals surface area contributed by atoms with Crippen molar-refractivity contribution < 1.29 is 14.3 Å². The summed E-state index contributed by atoms with van der Waals surface area (Å²) in [6.07, 6.45) is 5.99. The lowest BCUT2D eigenvalue weighted by atomic mass is 9.96. The molecule has 1 aromatic carbocycles. The second-order valence-corrected chi connectivity index (χ2v) is 7.77. The Morgan fingerprint density at radius 1 is 1.11 bits per heavy atom. The summed E-state index contributed by atoms with van der Waals surface area (Å²) in [6.45, 7) is 15.0. The highest BCUT2D eigenvalue weighted by Crippen LogP contribution is 2.30. The maximum atomic E-state index is 13.0. The van der Waals surface area contributed by atoms with Crippen molar-refractivity contribution >= 4 is 11.6 Å². The Morgan fingerprint density at radius 3 is 2.26 bits per heavy atom. The molecule has 4 heteroatoms. The van der Waals surface area contributed by atoms with Gasteiger partial charge in [-0.15, -0.1) is 0 Å². The fourth-order valence-electron chi connectivity index (χ4n) is 3.05. The van der Waals surface area contributed by atoms with Gasteiger partial charge < -0.3 is 14.8 Å². The summed E-state index contributed by atoms with van der Waals surface area (Å²) in [4.78, 5) is 13.0. The lowest BCUT2D eigenvalue weighted by Gasteiger charge is -2.29. The molecule has 27 heavy (non-hydrogen) atoms. The van der Waals surface area contributed by atoms with Crippen LogP contribution in [0.25, 0.3) is 0 Å². The highest BCUT2D eigenvalue weighted by molar-refractivity contribution is 5.97. The maximum absolute atomic E-state index is 13.0. The number of carbonyl (C=O) groups excluding carboxylic acids is 1. The third-order valence-corrected chi connectivity index (χ3v) is 4.97. The van der Waals surface area contributed by atoms with E-state index in [1.165, 1.54) is 0 Å². The van der Waals surface area contributed by atoms with Gasteiger partial charge in [-0.1, -0.05) is 40.0 Å². The van der Waals surface area contributed by atoms with E-state index in [-0.39, 0.29) is 12.0 Å². The van der Waals surface area contributed by atoms with Crippen molar-refractivity contribution in [3.8, 4) is 5.75 Å². The van der Waals surface area contributed by atoms with Gasteiger partial charge in [-0.05, 0) is 70.2 Å². The standard InChI is InChI=1S/C23H39NO3/c1-8-11-12-13-23(7,26-14-9-2)22(25)24-20-15-17(4)21(18(5)16-20)27-19(6)10-3/h15-16,19H,8-14H2,1-7H3,(H,24,25)/t19-,23-/m0/s1. The van der Waals surface area contributed by atoms with E-state index in [0.717, 1.165) is 61.1 Å². The highest BCUT2D eigenvalue weighted by atomic mass is 16.5. The molecule has 0 heterocycles. The van der Waals surface area contributed by atoms with Gasteiger partial charge in [-0.25, -0.2) is 0 Å². The van der Waals surface area contributed by atoms with Gasteiger partial charge in [0.2, 0.25) is 0 Å². The molecule has 0 radical (unpaired) electrons. The average molecular weight is 378 g/mol. The third-order valence-electron chi connectivity index (χ3n) is 4.97. The summed E-state index contributed by atoms with van der Waals surface area (Å²) in [7, 11) is 0. The highest BCUT2D eigenvalue weighted by Gasteiger charge is 2.33. The minimum absolute atomic E-state index is 0.0681. The molecule has 0 fully saturated rings. The van der Waals surface area contributed by atoms with Crippen molar-refractivity contribution in [1.82, 2.24) is 0 Å². The molecule has 0 aliphatic rings. The Kier molecular flexibility index (Phi) is 9.86. The fraction of sp³-hybridized carbons (Fsp3) is 0.696. The van der Waals surface area contributed by atoms with E-state index in [2.05, 4.69) is 33.0 Å². The van der Waals surface area contributed by atoms with E-state index in [1.807, 2.05) is 32.9 Å². The summed E-state index contributed by atoms with van der Waals surface area (Å²) in [5, 5.41) is 3.08. The van der Waals surface area contributed by atoms with Crippen molar-refractivity contribution in [3.63, 3.8) is 0 Å². The van der Waals surface area contributed by atoms with Gasteiger partial charge in [0, 0.05) is 12.3 Å². The van der Waals surface area contributed by atoms with E-state index in [1.54, 1.807) is 0 Å². The molecule has 0 aromatic heterocycles. The summed E-state index contributed by atoms with van der Waals surface area (Å²) in [6, 6.07) is 3.96. The number of hydrogen-bond acceptors (Lipinski definition) is 3. The molecule has 1 amide bonds. The van der Waals surface area contributed by atoms with Gasteiger partial charge in [-0.3, -0.25) is 4.79 Å². The molecule has 4 nitrogen and oxygen atoms in total. The molecule has 1 N–H and O–H groups in total. The number of anilines is 1. The molecule has 0 aliphatic heterocycles. The van der Waals surface area contributed by atoms with Crippen LogP contribution in [0.15, 0.2) is 12.1 Å². The van der Waals surface area contributed by atoms with Crippen molar-refractivity contribution in [2.24, 2.45) is 0 Å². The van der Waals surface area contributed by atoms with Crippen molar-refractivity contribution in [3.05, 3.63) is 23.3 Å². The van der Waals surface area contributed by atoms with Gasteiger partial charge in [0.15, 0.2) is 0 Å². The van der Waals surface area contributed by atoms with Crippen LogP contribution in [0.2, 0.25) is 0 Å². The molecule has 0 saturated heterocycles. The van der Waals surface area contributed by atoms with Crippen LogP contribution in [0.1, 0.15) is 84.3 Å². The van der Waals surface area contributed by atoms with Crippen LogP contribution >= 0.6 is 0 Å². The number of amides is 1. The van der Waals surface area contributed by atoms with Crippen molar-refractivity contribution in [2.45, 2.75) is 98.7 Å². The second kappa shape index (κ2) is 11.3. The largest absolute Gasteiger partial charge is 0.490 e. The lowest BCUT2D eigenvalue weighted by Crippen LogP contribution is -2.43. The molecule has 154 valence electrons. The number of hydrogen-bond donors (Lipinski definition) is 1. The first kappa shape index (κ1) is 23.5. The van der Waals surface area contributed by atoms with Gasteiger partial charge in [0.1, 0.15) is 11.4 Å². The summed E-state index contributed by atoms with van der Waals surface area (Å²) < 4.78 is 12.0. The van der Waals surface area contributed by atoms with Crippen LogP contribution in [-0.2, 0) is 9.53 Å². The topological polar surface area (TPSA) is 47.6 Å². The Labute approximate surface area is 166 Å². The van der Waals surface area contributed by atoms with E-state index in [9.17, 15) is 4.79 Å². The smallest absolute Gasteiger partial charge is 0.256 e. The third kappa shape index (κ3) is 7.17. The maximum Gasteiger partial charge on any atom is 0.256 e. The Balaban J connectivity index is 2.94. The Morgan fingerprint density at radius 2 is 1.74 bits per heavy atom. The first-order chi connectivity index (χ1) is 12.8. The van der Waals surface area contributed by atoms with E-state index >= 15 is 0 Å². The SMILES string of the molecule is CCCCC[C@](C)(OCCC)C(=O)Nc1cc(C)c(O[C@@H](C)CC)c(C)c1. The lowest BCUT2D eigenvalue weighted by molar-refractivity contribution is -0.140. The molecule has 0 unspecified atom stereocenters. The molecular formula is C23H39NO3. The van der Waals surface area contributed by atoms with E-state index in [0.29, 0.717) is 6.61 Å². The van der Waals surface area contributed by atoms with Gasteiger partial charge in [-0.2, -0.15) is 0 Å². The predicted molar refractivity (Wildman–Crippen MR) is 114 cm³/mol. The van der Waals surface area contributed by atoms with Crippen LogP contribution in [-0.4, -0.2) is 24.2 Å². The number of nitrogens with one attached hydrogen (secondary N) is 1. The summed E-state index contributed by atoms with van der Waals surface area (Å²) in [5.41, 5.74) is 2.08. The fourth-order valence-corrected chi connectivity index (χ4v) is 3.05. The number of carbonyl (C=O) groups is 1. The average Bonchev–Trinajstić information content (AvgIpc) is 2.63. The van der Waals surface area contributed by atoms with Crippen LogP contribution in [0.5, 0.6) is 5.75 Å². The first-order valence-electron chi connectivity index (χ1n) is 10.5. The zero-order valence-electron chi connectivity index (χ0n) is 18.4. The molecule has 1 rings (SSSR count). The molecule has 0 bridgehead atoms. The Bertz CT molecular complexity index is 576. The number of unbranched alkanes of at least 4 members (excludes halogenated alkanes) is 2. The van der Waals surface area contributed by atoms with Gasteiger partial charge in [0.05, 0.1) is 6.10 Å². The van der Waals surface area contributed by atoms with E-state index < -0.39 is 5.60 Å². The summed E-state index contributed by atoms with van der Waals surface area (Å²) >= 11 is 0.